The smallest absolute Gasteiger partial charge is 0.405 e. The maximum absolute atomic E-state index is 13.9. The molecule has 6 atom stereocenters. The van der Waals surface area contributed by atoms with Crippen LogP contribution < -0.4 is 16.4 Å². The first-order valence-electron chi connectivity index (χ1n) is 15.5. The lowest BCUT2D eigenvalue weighted by Crippen LogP contribution is -2.39. The molecule has 1 aromatic rings. The number of carbonyl (C=O) groups excluding carboxylic acids is 5. The minimum atomic E-state index is -1.04. The van der Waals surface area contributed by atoms with Gasteiger partial charge < -0.3 is 35.7 Å². The van der Waals surface area contributed by atoms with Crippen molar-refractivity contribution in [2.45, 2.75) is 71.9 Å². The minimum Gasteiger partial charge on any atom is -0.439 e. The van der Waals surface area contributed by atoms with Gasteiger partial charge in [0.1, 0.15) is 11.8 Å². The Morgan fingerprint density at radius 3 is 2.40 bits per heavy atom. The van der Waals surface area contributed by atoms with Crippen molar-refractivity contribution in [1.29, 1.82) is 0 Å². The average Bonchev–Trinajstić information content (AvgIpc) is 3.37. The Balaban J connectivity index is 2.10. The van der Waals surface area contributed by atoms with Crippen molar-refractivity contribution in [3.8, 4) is 0 Å². The van der Waals surface area contributed by atoms with E-state index in [-0.39, 0.29) is 47.0 Å². The molecule has 0 radical (unpaired) electrons. The molecule has 0 aromatic carbocycles. The van der Waals surface area contributed by atoms with Crippen LogP contribution in [-0.2, 0) is 35.6 Å². The number of nitrogens with one attached hydrogen (secondary N) is 2. The van der Waals surface area contributed by atoms with Gasteiger partial charge in [0.25, 0.3) is 11.8 Å². The molecule has 3 rings (SSSR count). The number of methoxy groups -OCH3 is 2. The predicted octanol–water partition coefficient (Wildman–Crippen LogP) is 2.23. The van der Waals surface area contributed by atoms with Crippen LogP contribution in [0.5, 0.6) is 0 Å². The van der Waals surface area contributed by atoms with E-state index in [2.05, 4.69) is 15.7 Å². The normalized spacial score (nSPS) is 29.2. The Morgan fingerprint density at radius 2 is 1.81 bits per heavy atom. The van der Waals surface area contributed by atoms with Gasteiger partial charge in [-0.3, -0.25) is 23.9 Å². The van der Waals surface area contributed by atoms with Crippen molar-refractivity contribution in [3.05, 3.63) is 75.9 Å². The summed E-state index contributed by atoms with van der Waals surface area (Å²) in [6, 6.07) is 1.55. The quantitative estimate of drug-likeness (QED) is 0.267. The largest absolute Gasteiger partial charge is 0.439 e. The fraction of sp³-hybridized carbons (Fsp3) is 0.471. The second-order valence-electron chi connectivity index (χ2n) is 12.2. The number of aromatic nitrogens is 2. The molecule has 1 aliphatic carbocycles. The van der Waals surface area contributed by atoms with Crippen molar-refractivity contribution in [2.75, 3.05) is 14.2 Å². The number of nitrogens with zero attached hydrogens (tertiary/aromatic N) is 2. The molecule has 1 aliphatic heterocycles. The lowest BCUT2D eigenvalue weighted by atomic mass is 9.85. The van der Waals surface area contributed by atoms with Crippen LogP contribution in [-0.4, -0.2) is 83.0 Å². The van der Waals surface area contributed by atoms with E-state index in [0.29, 0.717) is 11.3 Å². The number of carbonyl (C=O) groups is 5. The number of allylic oxidation sites excluding steroid dienone is 4. The maximum atomic E-state index is 13.9. The molecule has 0 unspecified atom stereocenters. The number of ether oxygens (including phenoxy) is 3. The van der Waals surface area contributed by atoms with Gasteiger partial charge in [0.2, 0.25) is 11.6 Å². The highest BCUT2D eigenvalue weighted by atomic mass is 16.6. The zero-order valence-electron chi connectivity index (χ0n) is 28.5. The third-order valence-corrected chi connectivity index (χ3v) is 8.27. The molecule has 14 heteroatoms. The van der Waals surface area contributed by atoms with E-state index in [1.165, 1.54) is 38.0 Å². The van der Waals surface area contributed by atoms with E-state index >= 15 is 0 Å². The van der Waals surface area contributed by atoms with Gasteiger partial charge in [-0.25, -0.2) is 4.79 Å². The average molecular weight is 668 g/mol. The monoisotopic (exact) mass is 667 g/mol. The van der Waals surface area contributed by atoms with Crippen LogP contribution >= 0.6 is 0 Å². The summed E-state index contributed by atoms with van der Waals surface area (Å²) >= 11 is 0. The topological polar surface area (TPSA) is 201 Å². The van der Waals surface area contributed by atoms with Crippen molar-refractivity contribution in [3.63, 3.8) is 0 Å². The summed E-state index contributed by atoms with van der Waals surface area (Å²) in [6.45, 7) is 8.53. The van der Waals surface area contributed by atoms with E-state index in [0.717, 1.165) is 6.08 Å². The Kier molecular flexibility index (Phi) is 12.9. The number of rotatable bonds is 5. The molecule has 5 N–H and O–H groups in total. The number of aryl methyl sites for hydroxylation is 2. The molecule has 2 bridgehead atoms. The van der Waals surface area contributed by atoms with Gasteiger partial charge in [-0.05, 0) is 51.2 Å². The van der Waals surface area contributed by atoms with Crippen LogP contribution in [0.25, 0.3) is 0 Å². The number of hydrogen-bond donors (Lipinski definition) is 4. The number of primary amides is 1. The number of aliphatic hydroxyl groups excluding tert-OH is 1. The fourth-order valence-electron chi connectivity index (χ4n) is 5.72. The first-order valence-corrected chi connectivity index (χ1v) is 15.5. The van der Waals surface area contributed by atoms with Crippen molar-refractivity contribution < 1.29 is 43.3 Å². The number of fused-ring (bicyclic) bond motifs is 2. The van der Waals surface area contributed by atoms with E-state index in [1.807, 2.05) is 6.92 Å². The van der Waals surface area contributed by atoms with Gasteiger partial charge in [-0.2, -0.15) is 5.10 Å². The molecular weight excluding hydrogens is 622 g/mol. The molecule has 48 heavy (non-hydrogen) atoms. The van der Waals surface area contributed by atoms with Gasteiger partial charge in [-0.1, -0.05) is 38.2 Å². The van der Waals surface area contributed by atoms with Crippen LogP contribution in [0.4, 0.5) is 4.79 Å². The highest BCUT2D eigenvalue weighted by molar-refractivity contribution is 6.24. The van der Waals surface area contributed by atoms with Crippen molar-refractivity contribution in [2.24, 2.45) is 24.6 Å². The zero-order chi connectivity index (χ0) is 35.9. The van der Waals surface area contributed by atoms with Crippen LogP contribution in [0.1, 0.15) is 56.7 Å². The lowest BCUT2D eigenvalue weighted by molar-refractivity contribution is -0.120. The maximum Gasteiger partial charge on any atom is 0.405 e. The van der Waals surface area contributed by atoms with E-state index < -0.39 is 59.8 Å². The molecule has 0 saturated heterocycles. The van der Waals surface area contributed by atoms with Gasteiger partial charge in [0.15, 0.2) is 6.10 Å². The summed E-state index contributed by atoms with van der Waals surface area (Å²) in [7, 11) is 4.45. The fourth-order valence-corrected chi connectivity index (χ4v) is 5.72. The summed E-state index contributed by atoms with van der Waals surface area (Å²) < 4.78 is 18.0. The molecule has 0 spiro atoms. The van der Waals surface area contributed by atoms with Gasteiger partial charge >= 0.3 is 6.09 Å². The number of aliphatic hydroxyl groups is 1. The molecule has 2 heterocycles. The lowest BCUT2D eigenvalue weighted by Gasteiger charge is -2.30. The summed E-state index contributed by atoms with van der Waals surface area (Å²) in [5.41, 5.74) is 6.41. The SMILES string of the molecule is CO[C@H]1/C=C\C=C(/C)C(=O)NC2=CC(=O)C(NC(=O)c3cc(C)nn3C)=C(C[C@@H](C)C[C@H](OC)[C@H](O)[C@@H](C)/C=C(\C)[C@H]1OC(N)=O)C2=O. The first-order chi connectivity index (χ1) is 22.6. The standard InChI is InChI=1S/C34H45N5O9/c1-17-12-22-28(37-33(44)24-15-21(5)38-39(24)6)25(40)16-23(30(22)42)36-32(43)18(2)10-9-11-26(46-7)31(48-34(35)45)20(4)14-19(3)29(41)27(13-17)47-8/h9-11,14-17,19,26-27,29,31,41H,12-13H2,1-8H3,(H2,35,45)(H,36,43)(H,37,44)/b11-9-,18-10+,20-14+/t17-,19+,26+,27+,29-,31-/m1/s1. The number of ketones is 2. The molecule has 260 valence electrons. The summed E-state index contributed by atoms with van der Waals surface area (Å²) in [4.78, 5) is 65.5. The van der Waals surface area contributed by atoms with Crippen LogP contribution in [0.2, 0.25) is 0 Å². The van der Waals surface area contributed by atoms with E-state index in [1.54, 1.807) is 46.0 Å². The number of hydrogen-bond acceptors (Lipinski definition) is 10. The van der Waals surface area contributed by atoms with Crippen LogP contribution in [0.3, 0.4) is 0 Å². The number of nitrogens with two attached hydrogens (primary N) is 1. The molecular formula is C34H45N5O9. The Bertz CT molecular complexity index is 1600. The third kappa shape index (κ3) is 9.24. The van der Waals surface area contributed by atoms with E-state index in [9.17, 15) is 29.1 Å². The van der Waals surface area contributed by atoms with Gasteiger partial charge in [-0.15, -0.1) is 0 Å². The zero-order valence-corrected chi connectivity index (χ0v) is 28.5. The van der Waals surface area contributed by atoms with Crippen molar-refractivity contribution in [1.82, 2.24) is 20.4 Å². The van der Waals surface area contributed by atoms with Gasteiger partial charge in [0.05, 0.1) is 29.3 Å². The first kappa shape index (κ1) is 37.8. The molecule has 3 amide bonds. The third-order valence-electron chi connectivity index (χ3n) is 8.27. The van der Waals surface area contributed by atoms with E-state index in [4.69, 9.17) is 19.9 Å². The summed E-state index contributed by atoms with van der Waals surface area (Å²) in [6.07, 6.45) is 2.96. The van der Waals surface area contributed by atoms with Crippen LogP contribution in [0, 0.1) is 18.8 Å². The molecule has 14 nitrogen and oxygen atoms in total. The second-order valence-corrected chi connectivity index (χ2v) is 12.2. The Labute approximate surface area is 279 Å². The van der Waals surface area contributed by atoms with Crippen LogP contribution in [0.15, 0.2) is 64.6 Å². The summed E-state index contributed by atoms with van der Waals surface area (Å²) in [5.74, 6) is -3.46. The Hall–Kier alpha value is -4.66. The van der Waals surface area contributed by atoms with Crippen molar-refractivity contribution >= 4 is 29.5 Å². The molecule has 0 fully saturated rings. The molecule has 2 aliphatic rings. The minimum absolute atomic E-state index is 0.000467. The van der Waals surface area contributed by atoms with Gasteiger partial charge in [0, 0.05) is 44.4 Å². The molecule has 1 aromatic heterocycles. The highest BCUT2D eigenvalue weighted by Gasteiger charge is 2.34. The highest BCUT2D eigenvalue weighted by Crippen LogP contribution is 2.29. The predicted molar refractivity (Wildman–Crippen MR) is 175 cm³/mol. The second kappa shape index (κ2) is 16.4. The number of amides is 3. The molecule has 0 saturated carbocycles. The summed E-state index contributed by atoms with van der Waals surface area (Å²) in [5, 5.41) is 20.6. The Morgan fingerprint density at radius 1 is 1.12 bits per heavy atom. The number of Topliss-reactive ketones (excluding diaryl/α,β-unsaturated/α-hetero) is 1.